The molecule has 6 fully saturated rings. The van der Waals surface area contributed by atoms with Gasteiger partial charge in [-0.2, -0.15) is 0 Å². The number of nitrogens with zero attached hydrogens (tertiary/aromatic N) is 9. The molecule has 0 spiro atoms. The Morgan fingerprint density at radius 1 is 0.400 bits per heavy atom. The minimum atomic E-state index is 1.02. The molecule has 0 N–H and O–H groups in total. The van der Waals surface area contributed by atoms with Crippen LogP contribution in [0.25, 0.3) is 10.8 Å². The van der Waals surface area contributed by atoms with E-state index in [0.29, 0.717) is 0 Å². The summed E-state index contributed by atoms with van der Waals surface area (Å²) in [6, 6.07) is 11.0. The lowest BCUT2D eigenvalue weighted by atomic mass is 10.0. The minimum Gasteiger partial charge on any atom is -0.342 e. The summed E-state index contributed by atoms with van der Waals surface area (Å²) < 4.78 is 0. The summed E-state index contributed by atoms with van der Waals surface area (Å²) in [6.45, 7) is 13.2. The Bertz CT molecular complexity index is 1260. The number of likely N-dealkylation sites (tertiary alicyclic amines) is 6. The van der Waals surface area contributed by atoms with E-state index in [9.17, 15) is 0 Å². The van der Waals surface area contributed by atoms with Crippen LogP contribution in [0.4, 0.5) is 17.1 Å². The van der Waals surface area contributed by atoms with E-state index in [2.05, 4.69) is 59.7 Å². The van der Waals surface area contributed by atoms with Crippen molar-refractivity contribution in [3.63, 3.8) is 0 Å². The van der Waals surface area contributed by atoms with Crippen molar-refractivity contribution >= 4 is 45.7 Å². The Kier molecular flexibility index (Phi) is 6.18. The zero-order valence-electron chi connectivity index (χ0n) is 23.6. The SMILES string of the molecule is c1cc(N=C(N2CCC2)N2CCC2)c2c(N=C(N3CCC3)N3CCC3)ccc(N=C(N3CCC3)N3CCC3)c2c1. The molecule has 9 nitrogen and oxygen atoms in total. The molecule has 0 aromatic heterocycles. The molecule has 6 aliphatic rings. The largest absolute Gasteiger partial charge is 0.342 e. The quantitative estimate of drug-likeness (QED) is 0.434. The molecule has 0 aliphatic carbocycles. The van der Waals surface area contributed by atoms with Gasteiger partial charge < -0.3 is 29.4 Å². The van der Waals surface area contributed by atoms with E-state index in [1.807, 2.05) is 0 Å². The second-order valence-electron chi connectivity index (χ2n) is 12.1. The van der Waals surface area contributed by atoms with Crippen molar-refractivity contribution in [1.82, 2.24) is 29.4 Å². The van der Waals surface area contributed by atoms with Crippen LogP contribution in [0.15, 0.2) is 45.3 Å². The van der Waals surface area contributed by atoms with E-state index in [1.54, 1.807) is 0 Å². The average molecular weight is 540 g/mol. The standard InChI is InChI=1S/C31H41N9/c1-8-24-25(32-29(35-12-2-13-35)36-14-3-15-36)10-11-27(34-31(39-20-6-21-39)40-22-7-23-40)28(24)26(9-1)33-30(37-16-4-17-37)38-18-5-19-38/h1,8-11H,2-7,12-23H2. The first-order valence-electron chi connectivity index (χ1n) is 15.6. The van der Waals surface area contributed by atoms with Gasteiger partial charge in [0.15, 0.2) is 0 Å². The topological polar surface area (TPSA) is 56.5 Å². The second kappa shape index (κ2) is 10.2. The molecule has 8 rings (SSSR count). The number of aliphatic imine (C=N–C) groups is 3. The van der Waals surface area contributed by atoms with E-state index < -0.39 is 0 Å². The van der Waals surface area contributed by atoms with Gasteiger partial charge >= 0.3 is 0 Å². The van der Waals surface area contributed by atoms with Crippen molar-refractivity contribution < 1.29 is 0 Å². The van der Waals surface area contributed by atoms with Gasteiger partial charge in [0.1, 0.15) is 0 Å². The molecule has 0 atom stereocenters. The molecule has 2 aromatic carbocycles. The molecule has 0 bridgehead atoms. The third-order valence-electron chi connectivity index (χ3n) is 9.47. The van der Waals surface area contributed by atoms with Gasteiger partial charge in [-0.05, 0) is 56.7 Å². The predicted molar refractivity (Wildman–Crippen MR) is 162 cm³/mol. The van der Waals surface area contributed by atoms with Crippen LogP contribution in [0.5, 0.6) is 0 Å². The van der Waals surface area contributed by atoms with Crippen molar-refractivity contribution in [3.05, 3.63) is 30.3 Å². The Morgan fingerprint density at radius 2 is 0.725 bits per heavy atom. The first-order chi connectivity index (χ1) is 19.8. The molecule has 0 saturated carbocycles. The van der Waals surface area contributed by atoms with Crippen molar-refractivity contribution in [3.8, 4) is 0 Å². The number of hydrogen-bond acceptors (Lipinski definition) is 3. The fraction of sp³-hybridized carbons (Fsp3) is 0.581. The van der Waals surface area contributed by atoms with Crippen molar-refractivity contribution in [2.24, 2.45) is 15.0 Å². The second-order valence-corrected chi connectivity index (χ2v) is 12.1. The highest BCUT2D eigenvalue weighted by Gasteiger charge is 2.30. The van der Waals surface area contributed by atoms with Gasteiger partial charge in [0.25, 0.3) is 0 Å². The Hall–Kier alpha value is -3.49. The first kappa shape index (κ1) is 24.3. The van der Waals surface area contributed by atoms with Crippen molar-refractivity contribution in [1.29, 1.82) is 0 Å². The van der Waals surface area contributed by atoms with Crippen LogP contribution >= 0.6 is 0 Å². The van der Waals surface area contributed by atoms with E-state index in [0.717, 1.165) is 124 Å². The molecule has 0 amide bonds. The molecule has 6 aliphatic heterocycles. The maximum Gasteiger partial charge on any atom is 0.201 e. The number of benzene rings is 2. The summed E-state index contributed by atoms with van der Waals surface area (Å²) in [6.07, 6.45) is 7.52. The maximum absolute atomic E-state index is 5.40. The van der Waals surface area contributed by atoms with Crippen molar-refractivity contribution in [2.45, 2.75) is 38.5 Å². The lowest BCUT2D eigenvalue weighted by Crippen LogP contribution is -2.54. The highest BCUT2D eigenvalue weighted by molar-refractivity contribution is 6.09. The van der Waals surface area contributed by atoms with Gasteiger partial charge in [-0.1, -0.05) is 12.1 Å². The molecular formula is C31H41N9. The van der Waals surface area contributed by atoms with E-state index in [4.69, 9.17) is 15.0 Å². The summed E-state index contributed by atoms with van der Waals surface area (Å²) >= 11 is 0. The lowest BCUT2D eigenvalue weighted by Gasteiger charge is -2.43. The molecule has 6 heterocycles. The summed E-state index contributed by atoms with van der Waals surface area (Å²) in [5.74, 6) is 3.43. The summed E-state index contributed by atoms with van der Waals surface area (Å²) in [4.78, 5) is 30.8. The van der Waals surface area contributed by atoms with Crippen molar-refractivity contribution in [2.75, 3.05) is 78.5 Å². The van der Waals surface area contributed by atoms with Crippen LogP contribution < -0.4 is 0 Å². The van der Waals surface area contributed by atoms with Gasteiger partial charge in [0, 0.05) is 89.3 Å². The Balaban J connectivity index is 1.29. The average Bonchev–Trinajstić information content (AvgIpc) is 2.73. The highest BCUT2D eigenvalue weighted by Crippen LogP contribution is 2.41. The monoisotopic (exact) mass is 539 g/mol. The number of fused-ring (bicyclic) bond motifs is 1. The fourth-order valence-electron chi connectivity index (χ4n) is 6.08. The Labute approximate surface area is 237 Å². The van der Waals surface area contributed by atoms with Crippen LogP contribution in [-0.4, -0.2) is 126 Å². The summed E-state index contributed by atoms with van der Waals surface area (Å²) in [5.41, 5.74) is 3.06. The van der Waals surface area contributed by atoms with Gasteiger partial charge in [-0.3, -0.25) is 0 Å². The number of guanidine groups is 3. The molecule has 40 heavy (non-hydrogen) atoms. The van der Waals surface area contributed by atoms with E-state index in [1.165, 1.54) is 38.5 Å². The molecule has 6 saturated heterocycles. The van der Waals surface area contributed by atoms with Crippen LogP contribution in [0.1, 0.15) is 38.5 Å². The zero-order valence-corrected chi connectivity index (χ0v) is 23.6. The van der Waals surface area contributed by atoms with Crippen LogP contribution in [0.3, 0.4) is 0 Å². The molecule has 0 radical (unpaired) electrons. The van der Waals surface area contributed by atoms with E-state index >= 15 is 0 Å². The van der Waals surface area contributed by atoms with Crippen LogP contribution in [0.2, 0.25) is 0 Å². The highest BCUT2D eigenvalue weighted by atomic mass is 15.4. The number of rotatable bonds is 3. The molecule has 0 unspecified atom stereocenters. The third-order valence-corrected chi connectivity index (χ3v) is 9.47. The summed E-state index contributed by atoms with van der Waals surface area (Å²) in [5, 5.41) is 2.28. The van der Waals surface area contributed by atoms with Gasteiger partial charge in [0.05, 0.1) is 17.1 Å². The minimum absolute atomic E-state index is 1.02. The number of hydrogen-bond donors (Lipinski definition) is 0. The maximum atomic E-state index is 5.40. The van der Waals surface area contributed by atoms with Gasteiger partial charge in [-0.25, -0.2) is 15.0 Å². The normalized spacial score (nSPS) is 21.4. The third kappa shape index (κ3) is 4.25. The summed E-state index contributed by atoms with van der Waals surface area (Å²) in [7, 11) is 0. The van der Waals surface area contributed by atoms with Gasteiger partial charge in [0.2, 0.25) is 17.9 Å². The first-order valence-corrected chi connectivity index (χ1v) is 15.6. The Morgan fingerprint density at radius 3 is 1.07 bits per heavy atom. The lowest BCUT2D eigenvalue weighted by molar-refractivity contribution is 0.207. The molecular weight excluding hydrogens is 498 g/mol. The van der Waals surface area contributed by atoms with Crippen LogP contribution in [-0.2, 0) is 0 Å². The predicted octanol–water partition coefficient (Wildman–Crippen LogP) is 4.04. The van der Waals surface area contributed by atoms with Crippen LogP contribution in [0, 0.1) is 0 Å². The molecule has 2 aromatic rings. The zero-order chi connectivity index (χ0) is 26.5. The smallest absolute Gasteiger partial charge is 0.201 e. The molecule has 9 heteroatoms. The van der Waals surface area contributed by atoms with Gasteiger partial charge in [-0.15, -0.1) is 0 Å². The van der Waals surface area contributed by atoms with E-state index in [-0.39, 0.29) is 0 Å². The molecule has 210 valence electrons. The fourth-order valence-corrected chi connectivity index (χ4v) is 6.08.